The SMILES string of the molecule is CCc1nc(C2CCN(C(=O)O)C2)n2c1c(S(=O)(=O)c1ccccc1C)nc1[nH]ccc12. The Morgan fingerprint density at radius 1 is 1.25 bits per heavy atom. The summed E-state index contributed by atoms with van der Waals surface area (Å²) >= 11 is 0. The summed E-state index contributed by atoms with van der Waals surface area (Å²) in [6.45, 7) is 4.44. The highest BCUT2D eigenvalue weighted by atomic mass is 32.2. The van der Waals surface area contributed by atoms with Gasteiger partial charge in [0.2, 0.25) is 9.84 Å². The quantitative estimate of drug-likeness (QED) is 0.489. The number of aryl methyl sites for hydroxylation is 2. The lowest BCUT2D eigenvalue weighted by Crippen LogP contribution is -2.26. The van der Waals surface area contributed by atoms with Crippen molar-refractivity contribution in [3.8, 4) is 0 Å². The largest absolute Gasteiger partial charge is 0.465 e. The molecule has 32 heavy (non-hydrogen) atoms. The lowest BCUT2D eigenvalue weighted by molar-refractivity contribution is 0.155. The minimum atomic E-state index is -3.93. The summed E-state index contributed by atoms with van der Waals surface area (Å²) in [5.41, 5.74) is 2.91. The number of nitrogens with one attached hydrogen (secondary N) is 1. The Morgan fingerprint density at radius 2 is 2.03 bits per heavy atom. The summed E-state index contributed by atoms with van der Waals surface area (Å²) < 4.78 is 29.4. The molecule has 1 aromatic carbocycles. The third kappa shape index (κ3) is 2.97. The molecule has 166 valence electrons. The maximum absolute atomic E-state index is 13.8. The van der Waals surface area contributed by atoms with Gasteiger partial charge in [0, 0.05) is 25.2 Å². The normalized spacial score (nSPS) is 16.9. The summed E-state index contributed by atoms with van der Waals surface area (Å²) in [4.78, 5) is 25.4. The van der Waals surface area contributed by atoms with E-state index in [9.17, 15) is 18.3 Å². The maximum Gasteiger partial charge on any atom is 0.407 e. The molecule has 4 heterocycles. The van der Waals surface area contributed by atoms with Crippen LogP contribution >= 0.6 is 0 Å². The van der Waals surface area contributed by atoms with Gasteiger partial charge in [0.15, 0.2) is 10.7 Å². The minimum absolute atomic E-state index is 0.0366. The highest BCUT2D eigenvalue weighted by Crippen LogP contribution is 2.35. The van der Waals surface area contributed by atoms with Gasteiger partial charge in [0.1, 0.15) is 11.3 Å². The Bertz CT molecular complexity index is 1470. The second-order valence-electron chi connectivity index (χ2n) is 8.07. The van der Waals surface area contributed by atoms with Crippen molar-refractivity contribution < 1.29 is 18.3 Å². The van der Waals surface area contributed by atoms with Crippen molar-refractivity contribution in [1.29, 1.82) is 0 Å². The molecule has 0 aliphatic carbocycles. The lowest BCUT2D eigenvalue weighted by Gasteiger charge is -2.13. The van der Waals surface area contributed by atoms with Crippen molar-refractivity contribution in [2.45, 2.75) is 42.5 Å². The average Bonchev–Trinajstić information content (AvgIpc) is 3.50. The molecule has 4 aromatic rings. The van der Waals surface area contributed by atoms with Gasteiger partial charge in [-0.25, -0.2) is 23.2 Å². The topological polar surface area (TPSA) is 121 Å². The molecule has 9 nitrogen and oxygen atoms in total. The fraction of sp³-hybridized carbons (Fsp3) is 0.318. The van der Waals surface area contributed by atoms with Gasteiger partial charge in [-0.3, -0.25) is 4.40 Å². The summed E-state index contributed by atoms with van der Waals surface area (Å²) in [5.74, 6) is 0.544. The second kappa shape index (κ2) is 7.33. The van der Waals surface area contributed by atoms with Crippen LogP contribution in [0.4, 0.5) is 4.79 Å². The van der Waals surface area contributed by atoms with Crippen LogP contribution in [-0.2, 0) is 16.3 Å². The summed E-state index contributed by atoms with van der Waals surface area (Å²) in [6, 6.07) is 8.69. The van der Waals surface area contributed by atoms with Crippen LogP contribution in [0.3, 0.4) is 0 Å². The Balaban J connectivity index is 1.82. The fourth-order valence-electron chi connectivity index (χ4n) is 4.54. The van der Waals surface area contributed by atoms with Crippen LogP contribution < -0.4 is 0 Å². The number of carbonyl (C=O) groups is 1. The van der Waals surface area contributed by atoms with E-state index >= 15 is 0 Å². The van der Waals surface area contributed by atoms with E-state index < -0.39 is 15.9 Å². The Kier molecular flexibility index (Phi) is 4.70. The molecule has 5 rings (SSSR count). The van der Waals surface area contributed by atoms with Crippen LogP contribution in [0.25, 0.3) is 16.7 Å². The third-order valence-corrected chi connectivity index (χ3v) is 7.96. The first kappa shape index (κ1) is 20.5. The smallest absolute Gasteiger partial charge is 0.407 e. The molecule has 0 bridgehead atoms. The van der Waals surface area contributed by atoms with Gasteiger partial charge in [0.05, 0.1) is 16.1 Å². The molecule has 3 aromatic heterocycles. The first-order valence-corrected chi connectivity index (χ1v) is 12.0. The van der Waals surface area contributed by atoms with E-state index in [0.717, 1.165) is 5.52 Å². The number of imidazole rings is 1. The zero-order valence-corrected chi connectivity index (χ0v) is 18.6. The third-order valence-electron chi connectivity index (χ3n) is 6.13. The number of carboxylic acid groups (broad SMARTS) is 1. The number of amides is 1. The van der Waals surface area contributed by atoms with Crippen molar-refractivity contribution in [3.05, 3.63) is 53.6 Å². The number of nitrogens with zero attached hydrogens (tertiary/aromatic N) is 4. The highest BCUT2D eigenvalue weighted by molar-refractivity contribution is 7.91. The van der Waals surface area contributed by atoms with Crippen molar-refractivity contribution >= 4 is 32.6 Å². The molecular weight excluding hydrogens is 430 g/mol. The molecule has 0 spiro atoms. The minimum Gasteiger partial charge on any atom is -0.465 e. The second-order valence-corrected chi connectivity index (χ2v) is 9.90. The number of aromatic amines is 1. The number of benzene rings is 1. The molecule has 1 unspecified atom stereocenters. The predicted molar refractivity (Wildman–Crippen MR) is 118 cm³/mol. The number of hydrogen-bond acceptors (Lipinski definition) is 5. The van der Waals surface area contributed by atoms with Gasteiger partial charge in [-0.15, -0.1) is 0 Å². The molecule has 1 atom stereocenters. The number of fused-ring (bicyclic) bond motifs is 3. The molecule has 1 amide bonds. The first-order valence-electron chi connectivity index (χ1n) is 10.5. The van der Waals surface area contributed by atoms with Crippen LogP contribution in [0.1, 0.15) is 36.3 Å². The van der Waals surface area contributed by atoms with Crippen LogP contribution in [0.15, 0.2) is 46.5 Å². The molecule has 1 aliphatic rings. The van der Waals surface area contributed by atoms with E-state index in [-0.39, 0.29) is 15.8 Å². The molecular formula is C22H23N5O4S. The standard InChI is InChI=1S/C22H23N5O4S/c1-3-15-18-21(32(30,31)17-7-5-4-6-13(17)2)25-19-16(8-10-23-19)27(18)20(24-15)14-9-11-26(12-14)22(28)29/h4-8,10,14,23H,3,9,11-12H2,1-2H3,(H,28,29). The lowest BCUT2D eigenvalue weighted by atomic mass is 10.1. The fourth-order valence-corrected chi connectivity index (χ4v) is 6.17. The number of rotatable bonds is 4. The van der Waals surface area contributed by atoms with Gasteiger partial charge in [-0.05, 0) is 37.5 Å². The van der Waals surface area contributed by atoms with Gasteiger partial charge < -0.3 is 15.0 Å². The highest BCUT2D eigenvalue weighted by Gasteiger charge is 2.34. The van der Waals surface area contributed by atoms with Crippen molar-refractivity contribution in [1.82, 2.24) is 24.3 Å². The number of sulfone groups is 1. The zero-order valence-electron chi connectivity index (χ0n) is 17.7. The summed E-state index contributed by atoms with van der Waals surface area (Å²) in [7, 11) is -3.93. The van der Waals surface area contributed by atoms with E-state index in [4.69, 9.17) is 4.98 Å². The van der Waals surface area contributed by atoms with Crippen LogP contribution in [0, 0.1) is 6.92 Å². The van der Waals surface area contributed by atoms with E-state index in [0.29, 0.717) is 54.2 Å². The molecule has 2 N–H and O–H groups in total. The number of hydrogen-bond donors (Lipinski definition) is 2. The van der Waals surface area contributed by atoms with E-state index in [1.54, 1.807) is 37.4 Å². The van der Waals surface area contributed by atoms with Gasteiger partial charge >= 0.3 is 6.09 Å². The first-order chi connectivity index (χ1) is 15.3. The van der Waals surface area contributed by atoms with E-state index in [2.05, 4.69) is 9.97 Å². The Hall–Kier alpha value is -3.40. The number of likely N-dealkylation sites (tertiary alicyclic amines) is 1. The van der Waals surface area contributed by atoms with Gasteiger partial charge in [0.25, 0.3) is 0 Å². The predicted octanol–water partition coefficient (Wildman–Crippen LogP) is 3.38. The molecule has 0 saturated carbocycles. The van der Waals surface area contributed by atoms with E-state index in [1.165, 1.54) is 4.90 Å². The maximum atomic E-state index is 13.8. The Morgan fingerprint density at radius 3 is 2.72 bits per heavy atom. The van der Waals surface area contributed by atoms with Crippen molar-refractivity contribution in [3.63, 3.8) is 0 Å². The summed E-state index contributed by atoms with van der Waals surface area (Å²) in [5, 5.41) is 9.35. The van der Waals surface area contributed by atoms with Gasteiger partial charge in [-0.2, -0.15) is 0 Å². The molecule has 1 saturated heterocycles. The number of H-pyrrole nitrogens is 1. The van der Waals surface area contributed by atoms with Crippen molar-refractivity contribution in [2.24, 2.45) is 0 Å². The zero-order chi connectivity index (χ0) is 22.6. The van der Waals surface area contributed by atoms with Crippen LogP contribution in [0.5, 0.6) is 0 Å². The Labute approximate surface area is 184 Å². The summed E-state index contributed by atoms with van der Waals surface area (Å²) in [6.07, 6.45) is 1.91. The van der Waals surface area contributed by atoms with Crippen molar-refractivity contribution in [2.75, 3.05) is 13.1 Å². The average molecular weight is 454 g/mol. The van der Waals surface area contributed by atoms with E-state index in [1.807, 2.05) is 17.4 Å². The molecule has 1 fully saturated rings. The van der Waals surface area contributed by atoms with Gasteiger partial charge in [-0.1, -0.05) is 25.1 Å². The number of aromatic nitrogens is 4. The van der Waals surface area contributed by atoms with Crippen LogP contribution in [0.2, 0.25) is 0 Å². The molecule has 10 heteroatoms. The molecule has 1 aliphatic heterocycles. The molecule has 0 radical (unpaired) electrons. The van der Waals surface area contributed by atoms with Crippen LogP contribution in [-0.4, -0.2) is 57.0 Å². The monoisotopic (exact) mass is 453 g/mol.